The van der Waals surface area contributed by atoms with Crippen molar-refractivity contribution in [3.63, 3.8) is 0 Å². The van der Waals surface area contributed by atoms with Crippen LogP contribution in [0, 0.1) is 6.92 Å². The highest BCUT2D eigenvalue weighted by Crippen LogP contribution is 2.24. The summed E-state index contributed by atoms with van der Waals surface area (Å²) in [6, 6.07) is 16.6. The first kappa shape index (κ1) is 15.9. The zero-order valence-corrected chi connectivity index (χ0v) is 13.7. The molecule has 120 valence electrons. The van der Waals surface area contributed by atoms with E-state index >= 15 is 0 Å². The van der Waals surface area contributed by atoms with Crippen molar-refractivity contribution in [1.82, 2.24) is 9.97 Å². The first-order valence-electron chi connectivity index (χ1n) is 8.01. The summed E-state index contributed by atoms with van der Waals surface area (Å²) in [5, 5.41) is 3.24. The van der Waals surface area contributed by atoms with Crippen LogP contribution >= 0.6 is 0 Å². The van der Waals surface area contributed by atoms with Crippen LogP contribution in [0.1, 0.15) is 17.5 Å². The number of anilines is 2. The predicted octanol–water partition coefficient (Wildman–Crippen LogP) is 4.86. The highest BCUT2D eigenvalue weighted by molar-refractivity contribution is 5.69. The van der Waals surface area contributed by atoms with Crippen molar-refractivity contribution in [3.05, 3.63) is 78.2 Å². The molecule has 0 aliphatic heterocycles. The molecule has 0 unspecified atom stereocenters. The number of aryl methyl sites for hydroxylation is 2. The van der Waals surface area contributed by atoms with E-state index in [1.807, 2.05) is 24.4 Å². The maximum Gasteiger partial charge on any atom is 0.148 e. The van der Waals surface area contributed by atoms with Gasteiger partial charge in [-0.25, -0.2) is 4.98 Å². The molecule has 0 saturated carbocycles. The number of aliphatic imine (C=N–C) groups is 1. The molecular weight excluding hydrogens is 296 g/mol. The van der Waals surface area contributed by atoms with E-state index in [0.29, 0.717) is 0 Å². The Labute approximate surface area is 142 Å². The smallest absolute Gasteiger partial charge is 0.148 e. The van der Waals surface area contributed by atoms with E-state index in [1.54, 1.807) is 18.6 Å². The van der Waals surface area contributed by atoms with Gasteiger partial charge in [0.25, 0.3) is 0 Å². The van der Waals surface area contributed by atoms with Gasteiger partial charge in [-0.1, -0.05) is 36.4 Å². The molecule has 0 atom stereocenters. The monoisotopic (exact) mass is 316 g/mol. The van der Waals surface area contributed by atoms with Gasteiger partial charge in [0.05, 0.1) is 11.9 Å². The second kappa shape index (κ2) is 8.02. The average Bonchev–Trinajstić information content (AvgIpc) is 2.63. The normalized spacial score (nSPS) is 10.9. The molecule has 1 N–H and O–H groups in total. The van der Waals surface area contributed by atoms with E-state index in [0.717, 1.165) is 35.6 Å². The van der Waals surface area contributed by atoms with Crippen molar-refractivity contribution in [2.45, 2.75) is 19.8 Å². The van der Waals surface area contributed by atoms with Gasteiger partial charge in [-0.05, 0) is 43.0 Å². The molecule has 2 aromatic carbocycles. The molecule has 0 aliphatic carbocycles. The number of aromatic nitrogens is 2. The molecule has 1 aromatic heterocycles. The lowest BCUT2D eigenvalue weighted by molar-refractivity contribution is 1.05. The summed E-state index contributed by atoms with van der Waals surface area (Å²) in [7, 11) is 0. The van der Waals surface area contributed by atoms with E-state index < -0.39 is 0 Å². The Bertz CT molecular complexity index is 798. The third-order valence-electron chi connectivity index (χ3n) is 3.68. The topological polar surface area (TPSA) is 50.2 Å². The minimum atomic E-state index is 0.723. The third kappa shape index (κ3) is 4.49. The predicted molar refractivity (Wildman–Crippen MR) is 99.4 cm³/mol. The Morgan fingerprint density at radius 1 is 1.08 bits per heavy atom. The van der Waals surface area contributed by atoms with E-state index in [2.05, 4.69) is 57.5 Å². The SMILES string of the molecule is Cc1ccc(Nc2cnccn2)cc1N=CCCc1ccccc1. The zero-order valence-electron chi connectivity index (χ0n) is 13.7. The Hall–Kier alpha value is -3.01. The second-order valence-electron chi connectivity index (χ2n) is 5.55. The maximum atomic E-state index is 4.62. The minimum Gasteiger partial charge on any atom is -0.339 e. The fourth-order valence-corrected chi connectivity index (χ4v) is 2.38. The molecule has 1 heterocycles. The van der Waals surface area contributed by atoms with Gasteiger partial charge in [-0.15, -0.1) is 0 Å². The zero-order chi connectivity index (χ0) is 16.6. The van der Waals surface area contributed by atoms with Crippen LogP contribution in [0.2, 0.25) is 0 Å². The van der Waals surface area contributed by atoms with Crippen molar-refractivity contribution in [3.8, 4) is 0 Å². The lowest BCUT2D eigenvalue weighted by Gasteiger charge is -2.07. The quantitative estimate of drug-likeness (QED) is 0.660. The van der Waals surface area contributed by atoms with Gasteiger partial charge in [0.2, 0.25) is 0 Å². The van der Waals surface area contributed by atoms with E-state index in [9.17, 15) is 0 Å². The molecule has 3 rings (SSSR count). The van der Waals surface area contributed by atoms with Crippen LogP contribution in [0.15, 0.2) is 72.1 Å². The van der Waals surface area contributed by atoms with Gasteiger partial charge in [0.15, 0.2) is 0 Å². The largest absolute Gasteiger partial charge is 0.339 e. The van der Waals surface area contributed by atoms with Gasteiger partial charge < -0.3 is 5.32 Å². The molecule has 0 fully saturated rings. The van der Waals surface area contributed by atoms with Crippen molar-refractivity contribution in [2.24, 2.45) is 4.99 Å². The van der Waals surface area contributed by atoms with Crippen LogP contribution in [-0.4, -0.2) is 16.2 Å². The van der Waals surface area contributed by atoms with Crippen LogP contribution in [0.4, 0.5) is 17.2 Å². The van der Waals surface area contributed by atoms with Gasteiger partial charge in [0, 0.05) is 24.3 Å². The Balaban J connectivity index is 1.64. The molecule has 0 amide bonds. The lowest BCUT2D eigenvalue weighted by Crippen LogP contribution is -1.93. The van der Waals surface area contributed by atoms with Crippen molar-refractivity contribution >= 4 is 23.4 Å². The standard InChI is InChI=1S/C20H20N4/c1-16-9-10-18(24-20-15-21-12-13-23-20)14-19(16)22-11-5-8-17-6-3-2-4-7-17/h2-4,6-7,9-15H,5,8H2,1H3,(H,23,24). The van der Waals surface area contributed by atoms with Crippen LogP contribution in [0.5, 0.6) is 0 Å². The summed E-state index contributed by atoms with van der Waals surface area (Å²) in [5.74, 6) is 0.723. The first-order chi connectivity index (χ1) is 11.8. The molecular formula is C20H20N4. The molecule has 0 aliphatic rings. The van der Waals surface area contributed by atoms with Crippen molar-refractivity contribution < 1.29 is 0 Å². The summed E-state index contributed by atoms with van der Waals surface area (Å²) in [5.41, 5.74) is 4.41. The van der Waals surface area contributed by atoms with Gasteiger partial charge in [-0.3, -0.25) is 9.98 Å². The van der Waals surface area contributed by atoms with Crippen molar-refractivity contribution in [1.29, 1.82) is 0 Å². The highest BCUT2D eigenvalue weighted by atomic mass is 15.0. The summed E-state index contributed by atoms with van der Waals surface area (Å²) >= 11 is 0. The summed E-state index contributed by atoms with van der Waals surface area (Å²) < 4.78 is 0. The fraction of sp³-hybridized carbons (Fsp3) is 0.150. The van der Waals surface area contributed by atoms with Crippen LogP contribution < -0.4 is 5.32 Å². The van der Waals surface area contributed by atoms with E-state index in [4.69, 9.17) is 0 Å². The van der Waals surface area contributed by atoms with Crippen LogP contribution in [0.3, 0.4) is 0 Å². The molecule has 0 radical (unpaired) electrons. The Morgan fingerprint density at radius 2 is 1.96 bits per heavy atom. The Morgan fingerprint density at radius 3 is 2.75 bits per heavy atom. The van der Waals surface area contributed by atoms with Crippen LogP contribution in [-0.2, 0) is 6.42 Å². The van der Waals surface area contributed by atoms with E-state index in [-0.39, 0.29) is 0 Å². The fourth-order valence-electron chi connectivity index (χ4n) is 2.38. The first-order valence-corrected chi connectivity index (χ1v) is 8.01. The molecule has 3 aromatic rings. The number of hydrogen-bond donors (Lipinski definition) is 1. The minimum absolute atomic E-state index is 0.723. The summed E-state index contributed by atoms with van der Waals surface area (Å²) in [4.78, 5) is 12.9. The number of rotatable bonds is 6. The lowest BCUT2D eigenvalue weighted by atomic mass is 10.1. The number of hydrogen-bond acceptors (Lipinski definition) is 4. The van der Waals surface area contributed by atoms with Crippen LogP contribution in [0.25, 0.3) is 0 Å². The average molecular weight is 316 g/mol. The van der Waals surface area contributed by atoms with Crippen molar-refractivity contribution in [2.75, 3.05) is 5.32 Å². The molecule has 0 bridgehead atoms. The molecule has 4 nitrogen and oxygen atoms in total. The molecule has 0 spiro atoms. The molecule has 0 saturated heterocycles. The third-order valence-corrected chi connectivity index (χ3v) is 3.68. The van der Waals surface area contributed by atoms with Gasteiger partial charge >= 0.3 is 0 Å². The molecule has 24 heavy (non-hydrogen) atoms. The van der Waals surface area contributed by atoms with Gasteiger partial charge in [0.1, 0.15) is 5.82 Å². The number of benzene rings is 2. The highest BCUT2D eigenvalue weighted by Gasteiger charge is 2.00. The number of nitrogens with one attached hydrogen (secondary N) is 1. The maximum absolute atomic E-state index is 4.62. The van der Waals surface area contributed by atoms with E-state index in [1.165, 1.54) is 5.56 Å². The Kier molecular flexibility index (Phi) is 5.30. The molecule has 4 heteroatoms. The second-order valence-corrected chi connectivity index (χ2v) is 5.55. The summed E-state index contributed by atoms with van der Waals surface area (Å²) in [6.45, 7) is 2.07. The summed E-state index contributed by atoms with van der Waals surface area (Å²) in [6.07, 6.45) is 8.93. The number of nitrogens with zero attached hydrogens (tertiary/aromatic N) is 3. The van der Waals surface area contributed by atoms with Gasteiger partial charge in [-0.2, -0.15) is 0 Å².